The highest BCUT2D eigenvalue weighted by Gasteiger charge is 2.51. The van der Waals surface area contributed by atoms with E-state index in [9.17, 15) is 0 Å². The summed E-state index contributed by atoms with van der Waals surface area (Å²) in [6, 6.07) is 0. The van der Waals surface area contributed by atoms with Crippen LogP contribution in [-0.4, -0.2) is 33.0 Å². The maximum Gasteiger partial charge on any atom is 0.681 e. The van der Waals surface area contributed by atoms with E-state index in [0.29, 0.717) is 0 Å². The highest BCUT2D eigenvalue weighted by molar-refractivity contribution is 6.53. The fourth-order valence-corrected chi connectivity index (χ4v) is 4.16. The lowest BCUT2D eigenvalue weighted by Gasteiger charge is -2.37. The average Bonchev–Trinajstić information content (AvgIpc) is 2.12. The lowest BCUT2D eigenvalue weighted by molar-refractivity contribution is -0.101. The molecule has 0 fully saturated rings. The fourth-order valence-electron chi connectivity index (χ4n) is 1.39. The van der Waals surface area contributed by atoms with Crippen LogP contribution in [-0.2, 0) is 17.7 Å². The quantitative estimate of drug-likeness (QED) is 0.479. The summed E-state index contributed by atoms with van der Waals surface area (Å²) in [7, 11) is -3.21. The molecule has 0 aromatic heterocycles. The second-order valence-electron chi connectivity index (χ2n) is 5.91. The Hall–Kier alpha value is -0.203. The lowest BCUT2D eigenvalue weighted by atomic mass is 10.1. The van der Waals surface area contributed by atoms with E-state index >= 15 is 0 Å². The van der Waals surface area contributed by atoms with Crippen molar-refractivity contribution in [2.24, 2.45) is 0 Å². The Bertz CT molecular complexity index is 248. The predicted octanol–water partition coefficient (Wildman–Crippen LogP) is 3.68. The fraction of sp³-hybridized carbons (Fsp3) is 0.857. The van der Waals surface area contributed by atoms with Gasteiger partial charge in [0.15, 0.2) is 0 Å². The molecule has 19 heavy (non-hydrogen) atoms. The van der Waals surface area contributed by atoms with Gasteiger partial charge in [0.1, 0.15) is 0 Å². The number of rotatable bonds is 9. The SMILES string of the molecule is C=CC(C)(C)O[Si](OC(C)C)(OC(C)C)OC(C)C. The molecule has 0 saturated carbocycles. The number of hydrogen-bond acceptors (Lipinski definition) is 4. The maximum atomic E-state index is 6.06. The van der Waals surface area contributed by atoms with Crippen molar-refractivity contribution in [2.45, 2.75) is 79.3 Å². The summed E-state index contributed by atoms with van der Waals surface area (Å²) in [5.41, 5.74) is -0.565. The van der Waals surface area contributed by atoms with Gasteiger partial charge in [0, 0.05) is 18.3 Å². The molecular formula is C14H30O4Si. The Labute approximate surface area is 119 Å². The minimum Gasteiger partial charge on any atom is -0.349 e. The molecule has 0 N–H and O–H groups in total. The first-order valence-corrected chi connectivity index (χ1v) is 8.52. The van der Waals surface area contributed by atoms with Crippen LogP contribution in [0.4, 0.5) is 0 Å². The van der Waals surface area contributed by atoms with Gasteiger partial charge < -0.3 is 17.7 Å². The molecule has 0 unspecified atom stereocenters. The van der Waals surface area contributed by atoms with Gasteiger partial charge in [0.05, 0.1) is 5.60 Å². The molecule has 0 rings (SSSR count). The van der Waals surface area contributed by atoms with Crippen molar-refractivity contribution in [2.75, 3.05) is 0 Å². The molecule has 0 aliphatic rings. The monoisotopic (exact) mass is 290 g/mol. The van der Waals surface area contributed by atoms with E-state index in [1.54, 1.807) is 6.08 Å². The van der Waals surface area contributed by atoms with Gasteiger partial charge >= 0.3 is 9.05 Å². The topological polar surface area (TPSA) is 36.9 Å². The average molecular weight is 290 g/mol. The van der Waals surface area contributed by atoms with Crippen molar-refractivity contribution in [3.05, 3.63) is 12.7 Å². The summed E-state index contributed by atoms with van der Waals surface area (Å²) in [5, 5.41) is 0. The van der Waals surface area contributed by atoms with Crippen LogP contribution in [0.25, 0.3) is 0 Å². The third kappa shape index (κ3) is 7.84. The molecule has 0 aliphatic carbocycles. The van der Waals surface area contributed by atoms with Crippen molar-refractivity contribution in [1.82, 2.24) is 0 Å². The normalized spacial score (nSPS) is 13.6. The van der Waals surface area contributed by atoms with Crippen LogP contribution in [0.1, 0.15) is 55.4 Å². The summed E-state index contributed by atoms with van der Waals surface area (Å²) >= 11 is 0. The van der Waals surface area contributed by atoms with E-state index < -0.39 is 14.6 Å². The van der Waals surface area contributed by atoms with Crippen molar-refractivity contribution >= 4 is 9.05 Å². The Morgan fingerprint density at radius 1 is 0.842 bits per heavy atom. The maximum absolute atomic E-state index is 6.06. The molecule has 0 bridgehead atoms. The Kier molecular flexibility index (Phi) is 7.46. The molecule has 114 valence electrons. The second kappa shape index (κ2) is 7.55. The van der Waals surface area contributed by atoms with Crippen molar-refractivity contribution in [3.8, 4) is 0 Å². The van der Waals surface area contributed by atoms with E-state index in [1.165, 1.54) is 0 Å². The zero-order chi connectivity index (χ0) is 15.3. The third-order valence-electron chi connectivity index (χ3n) is 2.02. The molecule has 0 amide bonds. The molecule has 0 heterocycles. The molecule has 0 aromatic rings. The molecule has 0 aliphatic heterocycles. The second-order valence-corrected chi connectivity index (χ2v) is 7.82. The Balaban J connectivity index is 5.26. The van der Waals surface area contributed by atoms with Gasteiger partial charge in [0.2, 0.25) is 0 Å². The molecule has 4 nitrogen and oxygen atoms in total. The van der Waals surface area contributed by atoms with Crippen molar-refractivity contribution in [1.29, 1.82) is 0 Å². The van der Waals surface area contributed by atoms with Crippen LogP contribution in [0, 0.1) is 0 Å². The molecule has 0 aromatic carbocycles. The molecule has 0 spiro atoms. The van der Waals surface area contributed by atoms with E-state index in [2.05, 4.69) is 6.58 Å². The minimum atomic E-state index is -3.21. The van der Waals surface area contributed by atoms with Gasteiger partial charge in [-0.05, 0) is 55.4 Å². The van der Waals surface area contributed by atoms with E-state index in [-0.39, 0.29) is 18.3 Å². The van der Waals surface area contributed by atoms with Crippen LogP contribution >= 0.6 is 0 Å². The van der Waals surface area contributed by atoms with Crippen molar-refractivity contribution < 1.29 is 17.7 Å². The summed E-state index contributed by atoms with van der Waals surface area (Å²) in [6.07, 6.45) is 1.62. The van der Waals surface area contributed by atoms with Crippen LogP contribution in [0.3, 0.4) is 0 Å². The van der Waals surface area contributed by atoms with Gasteiger partial charge in [0.25, 0.3) is 0 Å². The number of hydrogen-bond donors (Lipinski definition) is 0. The van der Waals surface area contributed by atoms with E-state index in [4.69, 9.17) is 17.7 Å². The van der Waals surface area contributed by atoms with Gasteiger partial charge in [-0.15, -0.1) is 6.58 Å². The first kappa shape index (κ1) is 18.8. The largest absolute Gasteiger partial charge is 0.681 e. The lowest BCUT2D eigenvalue weighted by Crippen LogP contribution is -2.57. The Morgan fingerprint density at radius 2 is 1.16 bits per heavy atom. The first-order chi connectivity index (χ1) is 8.52. The van der Waals surface area contributed by atoms with Crippen LogP contribution in [0.15, 0.2) is 12.7 Å². The summed E-state index contributed by atoms with van der Waals surface area (Å²) in [6.45, 7) is 19.3. The zero-order valence-corrected chi connectivity index (χ0v) is 14.6. The highest BCUT2D eigenvalue weighted by atomic mass is 28.4. The van der Waals surface area contributed by atoms with Crippen LogP contribution in [0.5, 0.6) is 0 Å². The van der Waals surface area contributed by atoms with Gasteiger partial charge in [-0.2, -0.15) is 0 Å². The summed E-state index contributed by atoms with van der Waals surface area (Å²) in [4.78, 5) is 0. The molecular weight excluding hydrogens is 260 g/mol. The van der Waals surface area contributed by atoms with Crippen molar-refractivity contribution in [3.63, 3.8) is 0 Å². The van der Waals surface area contributed by atoms with Crippen LogP contribution < -0.4 is 0 Å². The summed E-state index contributed by atoms with van der Waals surface area (Å²) in [5.74, 6) is 0. The van der Waals surface area contributed by atoms with E-state index in [1.807, 2.05) is 55.4 Å². The zero-order valence-electron chi connectivity index (χ0n) is 13.6. The van der Waals surface area contributed by atoms with E-state index in [0.717, 1.165) is 0 Å². The van der Waals surface area contributed by atoms with Gasteiger partial charge in [-0.1, -0.05) is 6.08 Å². The third-order valence-corrected chi connectivity index (χ3v) is 5.08. The molecule has 0 saturated heterocycles. The Morgan fingerprint density at radius 3 is 1.37 bits per heavy atom. The minimum absolute atomic E-state index is 0.0372. The molecule has 0 radical (unpaired) electrons. The van der Waals surface area contributed by atoms with Gasteiger partial charge in [-0.25, -0.2) is 0 Å². The standard InChI is InChI=1S/C14H30O4Si/c1-10-14(8,9)18-19(15-11(2)3,16-12(4)5)17-13(6)7/h10-13H,1H2,2-9H3. The van der Waals surface area contributed by atoms with Crippen LogP contribution in [0.2, 0.25) is 0 Å². The first-order valence-electron chi connectivity index (χ1n) is 6.89. The van der Waals surface area contributed by atoms with Gasteiger partial charge in [-0.3, -0.25) is 0 Å². The predicted molar refractivity (Wildman–Crippen MR) is 79.8 cm³/mol. The summed E-state index contributed by atoms with van der Waals surface area (Å²) < 4.78 is 23.8. The molecule has 5 heteroatoms. The smallest absolute Gasteiger partial charge is 0.349 e. The highest BCUT2D eigenvalue weighted by Crippen LogP contribution is 2.25. The molecule has 0 atom stereocenters.